The van der Waals surface area contributed by atoms with E-state index in [1.54, 1.807) is 6.07 Å². The monoisotopic (exact) mass is 263 g/mol. The van der Waals surface area contributed by atoms with Crippen LogP contribution in [0.25, 0.3) is 0 Å². The third kappa shape index (κ3) is 2.63. The first-order valence-corrected chi connectivity index (χ1v) is 6.76. The molecule has 1 rings (SSSR count). The molecule has 80 valence electrons. The fraction of sp³-hybridized carbons (Fsp3) is 0.222. The summed E-state index contributed by atoms with van der Waals surface area (Å²) >= 11 is 5.84. The summed E-state index contributed by atoms with van der Waals surface area (Å²) in [4.78, 5) is -0.187. The Morgan fingerprint density at radius 3 is 2.47 bits per heavy atom. The summed E-state index contributed by atoms with van der Waals surface area (Å²) in [5.74, 6) is 0. The number of nitrogens with zero attached hydrogens (tertiary/aromatic N) is 1. The average molecular weight is 264 g/mol. The Hall–Kier alpha value is -0.760. The second-order valence-electron chi connectivity index (χ2n) is 2.84. The summed E-state index contributed by atoms with van der Waals surface area (Å²) < 4.78 is 22.3. The van der Waals surface area contributed by atoms with Gasteiger partial charge in [-0.3, -0.25) is 0 Å². The van der Waals surface area contributed by atoms with Gasteiger partial charge in [0.2, 0.25) is 0 Å². The van der Waals surface area contributed by atoms with Crippen molar-refractivity contribution in [1.29, 1.82) is 5.26 Å². The molecule has 0 aliphatic rings. The minimum Gasteiger partial charge on any atom is -0.207 e. The van der Waals surface area contributed by atoms with Gasteiger partial charge in [-0.25, -0.2) is 8.42 Å². The third-order valence-electron chi connectivity index (χ3n) is 1.91. The Morgan fingerprint density at radius 2 is 2.07 bits per heavy atom. The lowest BCUT2D eigenvalue weighted by atomic mass is 10.1. The highest BCUT2D eigenvalue weighted by Crippen LogP contribution is 2.27. The number of aryl methyl sites for hydroxylation is 1. The lowest BCUT2D eigenvalue weighted by Gasteiger charge is -2.05. The lowest BCUT2D eigenvalue weighted by molar-refractivity contribution is 0.609. The zero-order valence-corrected chi connectivity index (χ0v) is 10.1. The normalized spacial score (nSPS) is 11.1. The van der Waals surface area contributed by atoms with E-state index >= 15 is 0 Å². The second kappa shape index (κ2) is 4.40. The SMILES string of the molecule is CCc1cc(S(=O)(=O)Cl)c(C#N)cc1Cl. The highest BCUT2D eigenvalue weighted by Gasteiger charge is 2.17. The number of hydrogen-bond donors (Lipinski definition) is 0. The van der Waals surface area contributed by atoms with Crippen LogP contribution in [0.15, 0.2) is 17.0 Å². The van der Waals surface area contributed by atoms with Crippen molar-refractivity contribution in [3.63, 3.8) is 0 Å². The first kappa shape index (κ1) is 12.3. The van der Waals surface area contributed by atoms with E-state index in [4.69, 9.17) is 27.5 Å². The highest BCUT2D eigenvalue weighted by atomic mass is 35.7. The zero-order valence-electron chi connectivity index (χ0n) is 7.79. The topological polar surface area (TPSA) is 57.9 Å². The molecule has 0 unspecified atom stereocenters. The van der Waals surface area contributed by atoms with Crippen molar-refractivity contribution in [3.8, 4) is 6.07 Å². The van der Waals surface area contributed by atoms with Gasteiger partial charge < -0.3 is 0 Å². The lowest BCUT2D eigenvalue weighted by Crippen LogP contribution is -1.97. The molecule has 0 N–H and O–H groups in total. The minimum atomic E-state index is -3.90. The van der Waals surface area contributed by atoms with E-state index < -0.39 is 9.05 Å². The van der Waals surface area contributed by atoms with Crippen LogP contribution in [0.4, 0.5) is 0 Å². The summed E-state index contributed by atoms with van der Waals surface area (Å²) in [7, 11) is 1.30. The molecule has 0 atom stereocenters. The van der Waals surface area contributed by atoms with Gasteiger partial charge in [0, 0.05) is 15.7 Å². The molecule has 0 amide bonds. The van der Waals surface area contributed by atoms with Crippen LogP contribution in [0.5, 0.6) is 0 Å². The Morgan fingerprint density at radius 1 is 1.47 bits per heavy atom. The van der Waals surface area contributed by atoms with E-state index in [0.29, 0.717) is 17.0 Å². The number of hydrogen-bond acceptors (Lipinski definition) is 3. The van der Waals surface area contributed by atoms with E-state index in [1.807, 2.05) is 6.92 Å². The molecule has 15 heavy (non-hydrogen) atoms. The van der Waals surface area contributed by atoms with E-state index in [-0.39, 0.29) is 10.5 Å². The Labute approximate surface area is 97.7 Å². The van der Waals surface area contributed by atoms with Gasteiger partial charge in [-0.15, -0.1) is 0 Å². The Bertz CT molecular complexity index is 532. The summed E-state index contributed by atoms with van der Waals surface area (Å²) in [6, 6.07) is 4.40. The molecule has 1 aromatic rings. The maximum atomic E-state index is 11.2. The largest absolute Gasteiger partial charge is 0.262 e. The van der Waals surface area contributed by atoms with Crippen LogP contribution >= 0.6 is 22.3 Å². The van der Waals surface area contributed by atoms with Crippen molar-refractivity contribution in [3.05, 3.63) is 28.3 Å². The predicted octanol–water partition coefficient (Wildman–Crippen LogP) is 2.70. The van der Waals surface area contributed by atoms with Gasteiger partial charge in [-0.05, 0) is 24.1 Å². The van der Waals surface area contributed by atoms with Crippen LogP contribution in [0.3, 0.4) is 0 Å². The molecule has 0 spiro atoms. The van der Waals surface area contributed by atoms with Gasteiger partial charge in [0.1, 0.15) is 11.0 Å². The molecule has 0 saturated heterocycles. The van der Waals surface area contributed by atoms with E-state index in [0.717, 1.165) is 0 Å². The fourth-order valence-corrected chi connectivity index (χ4v) is 2.49. The van der Waals surface area contributed by atoms with Crippen LogP contribution in [0, 0.1) is 11.3 Å². The molecular formula is C9H7Cl2NO2S. The Kier molecular flexibility index (Phi) is 3.61. The smallest absolute Gasteiger partial charge is 0.207 e. The maximum absolute atomic E-state index is 11.2. The van der Waals surface area contributed by atoms with E-state index in [9.17, 15) is 8.42 Å². The zero-order chi connectivity index (χ0) is 11.6. The van der Waals surface area contributed by atoms with Crippen molar-refractivity contribution < 1.29 is 8.42 Å². The highest BCUT2D eigenvalue weighted by molar-refractivity contribution is 8.13. The molecule has 0 aliphatic carbocycles. The maximum Gasteiger partial charge on any atom is 0.262 e. The van der Waals surface area contributed by atoms with Crippen molar-refractivity contribution in [2.75, 3.05) is 0 Å². The number of rotatable bonds is 2. The quantitative estimate of drug-likeness (QED) is 0.771. The van der Waals surface area contributed by atoms with Gasteiger partial charge in [0.25, 0.3) is 9.05 Å². The van der Waals surface area contributed by atoms with E-state index in [1.165, 1.54) is 12.1 Å². The molecule has 3 nitrogen and oxygen atoms in total. The van der Waals surface area contributed by atoms with Crippen molar-refractivity contribution >= 4 is 31.3 Å². The molecule has 0 fully saturated rings. The van der Waals surface area contributed by atoms with Crippen LogP contribution in [-0.4, -0.2) is 8.42 Å². The molecule has 0 aliphatic heterocycles. The van der Waals surface area contributed by atoms with Gasteiger partial charge >= 0.3 is 0 Å². The first-order valence-electron chi connectivity index (χ1n) is 4.07. The summed E-state index contributed by atoms with van der Waals surface area (Å²) in [6.45, 7) is 1.83. The first-order chi connectivity index (χ1) is 6.90. The van der Waals surface area contributed by atoms with Crippen molar-refractivity contribution in [1.82, 2.24) is 0 Å². The Balaban J connectivity index is 3.59. The van der Waals surface area contributed by atoms with Gasteiger partial charge in [-0.1, -0.05) is 18.5 Å². The van der Waals surface area contributed by atoms with Crippen LogP contribution in [0.1, 0.15) is 18.1 Å². The molecule has 6 heteroatoms. The fourth-order valence-electron chi connectivity index (χ4n) is 1.16. The second-order valence-corrected chi connectivity index (χ2v) is 5.78. The van der Waals surface area contributed by atoms with Crippen molar-refractivity contribution in [2.24, 2.45) is 0 Å². The van der Waals surface area contributed by atoms with Crippen LogP contribution < -0.4 is 0 Å². The van der Waals surface area contributed by atoms with E-state index in [2.05, 4.69) is 0 Å². The number of nitriles is 1. The minimum absolute atomic E-state index is 0.0350. The molecule has 1 aromatic carbocycles. The molecule has 0 heterocycles. The van der Waals surface area contributed by atoms with Gasteiger partial charge in [0.15, 0.2) is 0 Å². The summed E-state index contributed by atoms with van der Waals surface area (Å²) in [5, 5.41) is 9.11. The van der Waals surface area contributed by atoms with Crippen molar-refractivity contribution in [2.45, 2.75) is 18.2 Å². The predicted molar refractivity (Wildman–Crippen MR) is 58.6 cm³/mol. The van der Waals surface area contributed by atoms with Crippen LogP contribution in [0.2, 0.25) is 5.02 Å². The van der Waals surface area contributed by atoms with Crippen LogP contribution in [-0.2, 0) is 15.5 Å². The molecule has 0 bridgehead atoms. The molecule has 0 radical (unpaired) electrons. The molecule has 0 aromatic heterocycles. The summed E-state index contributed by atoms with van der Waals surface area (Å²) in [6.07, 6.45) is 0.573. The molecular weight excluding hydrogens is 257 g/mol. The summed E-state index contributed by atoms with van der Waals surface area (Å²) in [5.41, 5.74) is 0.613. The average Bonchev–Trinajstić information content (AvgIpc) is 2.15. The standard InChI is InChI=1S/C9H7Cl2NO2S/c1-2-6-4-9(15(11,13)14)7(5-12)3-8(6)10/h3-4H,2H2,1H3. The number of halogens is 2. The molecule has 0 saturated carbocycles. The third-order valence-corrected chi connectivity index (χ3v) is 3.63. The number of benzene rings is 1. The van der Waals surface area contributed by atoms with Gasteiger partial charge in [-0.2, -0.15) is 5.26 Å². The van der Waals surface area contributed by atoms with Gasteiger partial charge in [0.05, 0.1) is 5.56 Å².